The molecule has 34 heavy (non-hydrogen) atoms. The molecule has 3 N–H and O–H groups in total. The number of nitrogens with zero attached hydrogens (tertiary/aromatic N) is 1. The molecule has 178 valence electrons. The first-order valence-corrected chi connectivity index (χ1v) is 13.0. The van der Waals surface area contributed by atoms with E-state index in [1.807, 2.05) is 24.3 Å². The normalized spacial score (nSPS) is 21.1. The van der Waals surface area contributed by atoms with E-state index in [1.165, 1.54) is 5.56 Å². The number of carbonyl (C=O) groups is 1. The summed E-state index contributed by atoms with van der Waals surface area (Å²) in [7, 11) is 1.66. The van der Waals surface area contributed by atoms with Gasteiger partial charge in [0.25, 0.3) is 0 Å². The predicted molar refractivity (Wildman–Crippen MR) is 136 cm³/mol. The SMILES string of the molecule is COc1ccc2nccc(C(O)CC3CCC(NCc4ccc5c(c4)NC(=O)CS5)CC3)c2c1. The van der Waals surface area contributed by atoms with E-state index in [-0.39, 0.29) is 5.91 Å². The first kappa shape index (κ1) is 23.1. The molecule has 0 saturated heterocycles. The van der Waals surface area contributed by atoms with Crippen LogP contribution in [0.25, 0.3) is 10.9 Å². The highest BCUT2D eigenvalue weighted by molar-refractivity contribution is 8.00. The van der Waals surface area contributed by atoms with Crippen LogP contribution in [0, 0.1) is 5.92 Å². The topological polar surface area (TPSA) is 83.5 Å². The molecule has 1 atom stereocenters. The Labute approximate surface area is 204 Å². The number of aliphatic hydroxyl groups is 1. The van der Waals surface area contributed by atoms with Gasteiger partial charge in [-0.1, -0.05) is 6.07 Å². The summed E-state index contributed by atoms with van der Waals surface area (Å²) in [5.74, 6) is 1.86. The summed E-state index contributed by atoms with van der Waals surface area (Å²) >= 11 is 1.59. The lowest BCUT2D eigenvalue weighted by molar-refractivity contribution is -0.113. The average molecular weight is 478 g/mol. The van der Waals surface area contributed by atoms with E-state index in [9.17, 15) is 9.90 Å². The number of hydrogen-bond donors (Lipinski definition) is 3. The van der Waals surface area contributed by atoms with E-state index >= 15 is 0 Å². The Hall–Kier alpha value is -2.61. The number of rotatable bonds is 7. The largest absolute Gasteiger partial charge is 0.497 e. The number of carbonyl (C=O) groups excluding carboxylic acids is 1. The standard InChI is InChI=1S/C27H31N3O3S/c1-33-20-7-8-23-22(14-20)21(10-11-28-23)25(31)13-17-2-5-19(6-3-17)29-15-18-4-9-26-24(12-18)30-27(32)16-34-26/h4,7-12,14,17,19,25,29,31H,2-3,5-6,13,15-16H2,1H3,(H,30,32). The van der Waals surface area contributed by atoms with Crippen molar-refractivity contribution in [2.45, 2.75) is 55.7 Å². The lowest BCUT2D eigenvalue weighted by Gasteiger charge is -2.31. The number of methoxy groups -OCH3 is 1. The summed E-state index contributed by atoms with van der Waals surface area (Å²) in [4.78, 5) is 17.2. The number of benzene rings is 2. The number of aliphatic hydroxyl groups excluding tert-OH is 1. The van der Waals surface area contributed by atoms with Crippen LogP contribution in [-0.4, -0.2) is 34.9 Å². The molecule has 7 heteroatoms. The Bertz CT molecular complexity index is 1180. The highest BCUT2D eigenvalue weighted by atomic mass is 32.2. The highest BCUT2D eigenvalue weighted by Crippen LogP contribution is 2.35. The van der Waals surface area contributed by atoms with Gasteiger partial charge in [0, 0.05) is 29.1 Å². The van der Waals surface area contributed by atoms with Crippen molar-refractivity contribution < 1.29 is 14.6 Å². The zero-order valence-corrected chi connectivity index (χ0v) is 20.2. The molecule has 1 aromatic heterocycles. The van der Waals surface area contributed by atoms with Gasteiger partial charge in [-0.3, -0.25) is 9.78 Å². The molecule has 2 heterocycles. The third kappa shape index (κ3) is 5.22. The van der Waals surface area contributed by atoms with Gasteiger partial charge in [0.1, 0.15) is 5.75 Å². The summed E-state index contributed by atoms with van der Waals surface area (Å²) in [6.45, 7) is 0.802. The fraction of sp³-hybridized carbons (Fsp3) is 0.407. The van der Waals surface area contributed by atoms with Gasteiger partial charge in [0.15, 0.2) is 0 Å². The molecule has 1 saturated carbocycles. The summed E-state index contributed by atoms with van der Waals surface area (Å²) in [6.07, 6.45) is 6.48. The van der Waals surface area contributed by atoms with Crippen molar-refractivity contribution in [2.75, 3.05) is 18.2 Å². The van der Waals surface area contributed by atoms with E-state index in [0.29, 0.717) is 17.7 Å². The van der Waals surface area contributed by atoms with Crippen molar-refractivity contribution in [3.63, 3.8) is 0 Å². The molecule has 5 rings (SSSR count). The number of anilines is 1. The second-order valence-corrected chi connectivity index (χ2v) is 10.3. The van der Waals surface area contributed by atoms with E-state index in [4.69, 9.17) is 4.74 Å². The van der Waals surface area contributed by atoms with Crippen molar-refractivity contribution >= 4 is 34.3 Å². The fourth-order valence-electron chi connectivity index (χ4n) is 5.11. The smallest absolute Gasteiger partial charge is 0.234 e. The van der Waals surface area contributed by atoms with Crippen LogP contribution in [0.1, 0.15) is 49.3 Å². The molecule has 1 unspecified atom stereocenters. The van der Waals surface area contributed by atoms with E-state index in [0.717, 1.165) is 71.4 Å². The number of amides is 1. The van der Waals surface area contributed by atoms with Gasteiger partial charge in [-0.2, -0.15) is 0 Å². The van der Waals surface area contributed by atoms with Crippen molar-refractivity contribution in [1.82, 2.24) is 10.3 Å². The van der Waals surface area contributed by atoms with Crippen LogP contribution in [-0.2, 0) is 11.3 Å². The third-order valence-electron chi connectivity index (χ3n) is 7.02. The second-order valence-electron chi connectivity index (χ2n) is 9.30. The van der Waals surface area contributed by atoms with E-state index < -0.39 is 6.10 Å². The Morgan fingerprint density at radius 2 is 2.03 bits per heavy atom. The average Bonchev–Trinajstić information content (AvgIpc) is 2.87. The van der Waals surface area contributed by atoms with Gasteiger partial charge in [-0.15, -0.1) is 11.8 Å². The van der Waals surface area contributed by atoms with Crippen molar-refractivity contribution in [3.8, 4) is 5.75 Å². The van der Waals surface area contributed by atoms with Gasteiger partial charge in [-0.25, -0.2) is 0 Å². The van der Waals surface area contributed by atoms with Crippen molar-refractivity contribution in [3.05, 3.63) is 59.8 Å². The van der Waals surface area contributed by atoms with Gasteiger partial charge >= 0.3 is 0 Å². The van der Waals surface area contributed by atoms with Crippen molar-refractivity contribution in [2.24, 2.45) is 5.92 Å². The van der Waals surface area contributed by atoms with Crippen LogP contribution in [0.15, 0.2) is 53.6 Å². The summed E-state index contributed by atoms with van der Waals surface area (Å²) in [5.41, 5.74) is 3.94. The zero-order chi connectivity index (χ0) is 23.5. The molecule has 1 aliphatic carbocycles. The molecule has 0 bridgehead atoms. The fourth-order valence-corrected chi connectivity index (χ4v) is 5.90. The Morgan fingerprint density at radius 1 is 1.18 bits per heavy atom. The molecule has 1 fully saturated rings. The number of hydrogen-bond acceptors (Lipinski definition) is 6. The Balaban J connectivity index is 1.14. The third-order valence-corrected chi connectivity index (χ3v) is 8.09. The number of fused-ring (bicyclic) bond motifs is 2. The number of nitrogens with one attached hydrogen (secondary N) is 2. The van der Waals surface area contributed by atoms with Crippen LogP contribution in [0.5, 0.6) is 5.75 Å². The lowest BCUT2D eigenvalue weighted by atomic mass is 9.81. The number of aromatic nitrogens is 1. The number of pyridine rings is 1. The van der Waals surface area contributed by atoms with Crippen LogP contribution >= 0.6 is 11.8 Å². The molecular formula is C27H31N3O3S. The first-order valence-electron chi connectivity index (χ1n) is 12.0. The summed E-state index contributed by atoms with van der Waals surface area (Å²) in [6, 6.07) is 14.6. The van der Waals surface area contributed by atoms with Crippen molar-refractivity contribution in [1.29, 1.82) is 0 Å². The molecule has 0 spiro atoms. The van der Waals surface area contributed by atoms with E-state index in [2.05, 4.69) is 33.8 Å². The summed E-state index contributed by atoms with van der Waals surface area (Å²) < 4.78 is 5.37. The van der Waals surface area contributed by atoms with Crippen LogP contribution in [0.4, 0.5) is 5.69 Å². The Kier molecular flexibility index (Phi) is 7.04. The van der Waals surface area contributed by atoms with Gasteiger partial charge in [0.05, 0.1) is 30.2 Å². The zero-order valence-electron chi connectivity index (χ0n) is 19.4. The monoisotopic (exact) mass is 477 g/mol. The lowest BCUT2D eigenvalue weighted by Crippen LogP contribution is -2.33. The quantitative estimate of drug-likeness (QED) is 0.441. The molecule has 3 aromatic rings. The van der Waals surface area contributed by atoms with E-state index in [1.54, 1.807) is 25.1 Å². The first-order chi connectivity index (χ1) is 16.6. The molecule has 0 radical (unpaired) electrons. The molecule has 6 nitrogen and oxygen atoms in total. The minimum atomic E-state index is -0.504. The highest BCUT2D eigenvalue weighted by Gasteiger charge is 2.24. The van der Waals surface area contributed by atoms with Crippen LogP contribution in [0.2, 0.25) is 0 Å². The number of ether oxygens (including phenoxy) is 1. The maximum absolute atomic E-state index is 11.7. The van der Waals surface area contributed by atoms with Gasteiger partial charge in [0.2, 0.25) is 5.91 Å². The minimum Gasteiger partial charge on any atom is -0.497 e. The molecular weight excluding hydrogens is 446 g/mol. The predicted octanol–water partition coefficient (Wildman–Crippen LogP) is 5.06. The van der Waals surface area contributed by atoms with Gasteiger partial charge in [-0.05, 0) is 85.5 Å². The second kappa shape index (κ2) is 10.3. The molecule has 1 amide bonds. The molecule has 2 aliphatic rings. The molecule has 2 aromatic carbocycles. The van der Waals surface area contributed by atoms with Gasteiger partial charge < -0.3 is 20.5 Å². The Morgan fingerprint density at radius 3 is 2.85 bits per heavy atom. The minimum absolute atomic E-state index is 0.0713. The maximum atomic E-state index is 11.7. The number of thioether (sulfide) groups is 1. The van der Waals surface area contributed by atoms with Crippen LogP contribution < -0.4 is 15.4 Å². The maximum Gasteiger partial charge on any atom is 0.234 e. The van der Waals surface area contributed by atoms with Crippen LogP contribution in [0.3, 0.4) is 0 Å². The summed E-state index contributed by atoms with van der Waals surface area (Å²) in [5, 5.41) is 18.7. The molecule has 1 aliphatic heterocycles.